The topological polar surface area (TPSA) is 90.3 Å². The number of aliphatic hydroxyl groups excluding tert-OH is 2. The molecule has 2 atom stereocenters. The van der Waals surface area contributed by atoms with Crippen molar-refractivity contribution in [3.63, 3.8) is 0 Å². The predicted molar refractivity (Wildman–Crippen MR) is 129 cm³/mol. The third-order valence-corrected chi connectivity index (χ3v) is 7.41. The Hall–Kier alpha value is -3.11. The van der Waals surface area contributed by atoms with Gasteiger partial charge in [0.1, 0.15) is 5.75 Å². The van der Waals surface area contributed by atoms with Gasteiger partial charge in [-0.3, -0.25) is 9.59 Å². The van der Waals surface area contributed by atoms with Crippen molar-refractivity contribution < 1.29 is 37.7 Å². The van der Waals surface area contributed by atoms with E-state index in [0.717, 1.165) is 12.1 Å². The zero-order valence-corrected chi connectivity index (χ0v) is 20.6. The number of carbonyl (C=O) groups is 2. The molecule has 2 aliphatic heterocycles. The maximum Gasteiger partial charge on any atom is 0.416 e. The largest absolute Gasteiger partial charge is 0.483 e. The third-order valence-electron chi connectivity index (χ3n) is 7.41. The number of hydrogen-bond donors (Lipinski definition) is 2. The van der Waals surface area contributed by atoms with E-state index in [1.54, 1.807) is 41.1 Å². The van der Waals surface area contributed by atoms with Crippen LogP contribution in [0, 0.1) is 5.41 Å². The molecule has 2 aromatic rings. The number of likely N-dealkylation sites (N-methyl/N-ethyl adjacent to an activating group) is 1. The molecule has 1 saturated heterocycles. The Morgan fingerprint density at radius 3 is 2.32 bits per heavy atom. The summed E-state index contributed by atoms with van der Waals surface area (Å²) in [6.07, 6.45) is -5.28. The van der Waals surface area contributed by atoms with Crippen molar-refractivity contribution in [2.45, 2.75) is 44.1 Å². The second-order valence-corrected chi connectivity index (χ2v) is 10.1. The highest BCUT2D eigenvalue weighted by atomic mass is 19.4. The summed E-state index contributed by atoms with van der Waals surface area (Å²) in [7, 11) is 1.66. The molecule has 2 amide bonds. The molecular formula is C27H31F3N2O5. The van der Waals surface area contributed by atoms with E-state index in [4.69, 9.17) is 4.74 Å². The van der Waals surface area contributed by atoms with Gasteiger partial charge in [-0.2, -0.15) is 13.2 Å². The summed E-state index contributed by atoms with van der Waals surface area (Å²) in [5.41, 5.74) is -0.514. The highest BCUT2D eigenvalue weighted by Crippen LogP contribution is 2.39. The van der Waals surface area contributed by atoms with Crippen LogP contribution in [0.15, 0.2) is 48.5 Å². The average Bonchev–Trinajstić information content (AvgIpc) is 2.87. The van der Waals surface area contributed by atoms with Gasteiger partial charge in [-0.25, -0.2) is 0 Å². The van der Waals surface area contributed by atoms with E-state index in [0.29, 0.717) is 43.8 Å². The summed E-state index contributed by atoms with van der Waals surface area (Å²) in [6, 6.07) is 11.2. The number of fused-ring (bicyclic) bond motifs is 1. The van der Waals surface area contributed by atoms with Gasteiger partial charge in [0.25, 0.3) is 11.8 Å². The molecule has 0 aromatic heterocycles. The summed E-state index contributed by atoms with van der Waals surface area (Å²) >= 11 is 0. The molecule has 0 unspecified atom stereocenters. The fourth-order valence-corrected chi connectivity index (χ4v) is 5.19. The third kappa shape index (κ3) is 6.24. The molecule has 10 heteroatoms. The van der Waals surface area contributed by atoms with Crippen LogP contribution in [0.2, 0.25) is 0 Å². The van der Waals surface area contributed by atoms with Gasteiger partial charge in [-0.1, -0.05) is 18.2 Å². The first kappa shape index (κ1) is 26.9. The van der Waals surface area contributed by atoms with E-state index in [-0.39, 0.29) is 36.8 Å². The van der Waals surface area contributed by atoms with Gasteiger partial charge in [0.2, 0.25) is 0 Å². The number of aliphatic hydroxyl groups is 2. The van der Waals surface area contributed by atoms with E-state index in [9.17, 15) is 33.0 Å². The Labute approximate surface area is 213 Å². The lowest BCUT2D eigenvalue weighted by Gasteiger charge is -2.45. The Balaban J connectivity index is 1.49. The second kappa shape index (κ2) is 10.7. The highest BCUT2D eigenvalue weighted by Gasteiger charge is 2.41. The Bertz CT molecular complexity index is 1110. The molecular weight excluding hydrogens is 489 g/mol. The molecule has 2 heterocycles. The lowest BCUT2D eigenvalue weighted by Crippen LogP contribution is -2.51. The molecule has 0 aliphatic carbocycles. The number of nitrogens with zero attached hydrogens (tertiary/aromatic N) is 2. The smallest absolute Gasteiger partial charge is 0.416 e. The van der Waals surface area contributed by atoms with Crippen LogP contribution < -0.4 is 4.74 Å². The fraction of sp³-hybridized carbons (Fsp3) is 0.481. The average molecular weight is 521 g/mol. The van der Waals surface area contributed by atoms with Gasteiger partial charge in [0, 0.05) is 38.7 Å². The Morgan fingerprint density at radius 1 is 1.03 bits per heavy atom. The number of para-hydroxylation sites is 1. The normalized spacial score (nSPS) is 23.0. The number of rotatable bonds is 1. The van der Waals surface area contributed by atoms with Crippen LogP contribution in [0.1, 0.15) is 40.7 Å². The number of likely N-dealkylation sites (tertiary alicyclic amines) is 1. The second-order valence-electron chi connectivity index (χ2n) is 10.1. The molecule has 1 spiro atoms. The van der Waals surface area contributed by atoms with E-state index in [1.807, 2.05) is 0 Å². The molecule has 2 aliphatic rings. The molecule has 0 bridgehead atoms. The number of carbonyl (C=O) groups excluding carboxylic acids is 2. The van der Waals surface area contributed by atoms with Gasteiger partial charge in [0.05, 0.1) is 17.8 Å². The van der Waals surface area contributed by atoms with Crippen LogP contribution in [-0.2, 0) is 17.4 Å². The summed E-state index contributed by atoms with van der Waals surface area (Å²) in [6.45, 7) is 0.762. The van der Waals surface area contributed by atoms with Crippen LogP contribution in [0.4, 0.5) is 13.2 Å². The van der Waals surface area contributed by atoms with Gasteiger partial charge in [-0.05, 0) is 60.6 Å². The number of alkyl halides is 3. The van der Waals surface area contributed by atoms with Crippen molar-refractivity contribution in [2.75, 3.05) is 33.3 Å². The summed E-state index contributed by atoms with van der Waals surface area (Å²) in [5.74, 6) is -0.110. The number of benzene rings is 2. The molecule has 1 fully saturated rings. The first-order valence-corrected chi connectivity index (χ1v) is 12.2. The minimum Gasteiger partial charge on any atom is -0.483 e. The quantitative estimate of drug-likeness (QED) is 0.603. The Kier molecular flexibility index (Phi) is 7.80. The van der Waals surface area contributed by atoms with Crippen LogP contribution in [0.25, 0.3) is 0 Å². The van der Waals surface area contributed by atoms with Gasteiger partial charge < -0.3 is 24.7 Å². The number of hydrogen-bond acceptors (Lipinski definition) is 5. The zero-order chi connectivity index (χ0) is 26.8. The highest BCUT2D eigenvalue weighted by molar-refractivity contribution is 5.94. The maximum absolute atomic E-state index is 13.0. The van der Waals surface area contributed by atoms with Crippen molar-refractivity contribution in [3.8, 4) is 5.75 Å². The number of ether oxygens (including phenoxy) is 1. The molecule has 2 aromatic carbocycles. The van der Waals surface area contributed by atoms with Crippen LogP contribution >= 0.6 is 0 Å². The minimum atomic E-state index is -4.48. The molecule has 37 heavy (non-hydrogen) atoms. The molecule has 200 valence electrons. The van der Waals surface area contributed by atoms with E-state index in [2.05, 4.69) is 0 Å². The number of amides is 2. The van der Waals surface area contributed by atoms with E-state index in [1.165, 1.54) is 12.1 Å². The summed E-state index contributed by atoms with van der Waals surface area (Å²) < 4.78 is 44.3. The molecule has 4 rings (SSSR count). The van der Waals surface area contributed by atoms with Crippen molar-refractivity contribution in [1.29, 1.82) is 0 Å². The molecule has 2 N–H and O–H groups in total. The van der Waals surface area contributed by atoms with Crippen LogP contribution in [-0.4, -0.2) is 77.3 Å². The van der Waals surface area contributed by atoms with Crippen LogP contribution in [0.5, 0.6) is 5.75 Å². The van der Waals surface area contributed by atoms with E-state index >= 15 is 0 Å². The molecule has 7 nitrogen and oxygen atoms in total. The van der Waals surface area contributed by atoms with Crippen molar-refractivity contribution >= 4 is 11.8 Å². The van der Waals surface area contributed by atoms with Gasteiger partial charge in [0.15, 0.2) is 6.61 Å². The summed E-state index contributed by atoms with van der Waals surface area (Å²) in [5, 5.41) is 21.7. The lowest BCUT2D eigenvalue weighted by molar-refractivity contribution is -0.137. The van der Waals surface area contributed by atoms with Crippen molar-refractivity contribution in [1.82, 2.24) is 9.80 Å². The molecule has 0 radical (unpaired) electrons. The van der Waals surface area contributed by atoms with Crippen molar-refractivity contribution in [2.24, 2.45) is 5.41 Å². The van der Waals surface area contributed by atoms with Gasteiger partial charge >= 0.3 is 6.18 Å². The Morgan fingerprint density at radius 2 is 1.68 bits per heavy atom. The summed E-state index contributed by atoms with van der Waals surface area (Å²) in [4.78, 5) is 28.9. The lowest BCUT2D eigenvalue weighted by atomic mass is 9.72. The first-order chi connectivity index (χ1) is 17.5. The van der Waals surface area contributed by atoms with Crippen molar-refractivity contribution in [3.05, 3.63) is 65.2 Å². The SMILES string of the molecule is CN1CC2(CCN(C(=O)c3ccc(C(F)(F)F)cc3)CC2)C[C@@H](O)[C@@H](O)Cc2ccccc2OCC1=O. The monoisotopic (exact) mass is 520 g/mol. The minimum absolute atomic E-state index is 0.163. The maximum atomic E-state index is 13.0. The zero-order valence-electron chi connectivity index (χ0n) is 20.6. The van der Waals surface area contributed by atoms with E-state index < -0.39 is 29.4 Å². The number of halogens is 3. The van der Waals surface area contributed by atoms with Gasteiger partial charge in [-0.15, -0.1) is 0 Å². The standard InChI is InChI=1S/C27H31F3N2O5/c1-31-17-26(15-22(34)21(33)14-19-4-2-3-5-23(19)37-16-24(31)35)10-12-32(13-11-26)25(36)18-6-8-20(9-7-18)27(28,29)30/h2-9,21-22,33-34H,10-17H2,1H3/t21-,22+/m0/s1. The fourth-order valence-electron chi connectivity index (χ4n) is 5.19. The number of piperidine rings is 1. The molecule has 0 saturated carbocycles. The predicted octanol–water partition coefficient (Wildman–Crippen LogP) is 3.13. The first-order valence-electron chi connectivity index (χ1n) is 12.2. The van der Waals surface area contributed by atoms with Crippen LogP contribution in [0.3, 0.4) is 0 Å².